The van der Waals surface area contributed by atoms with Gasteiger partial charge in [-0.3, -0.25) is 28.7 Å². The molecule has 19 nitrogen and oxygen atoms in total. The molecule has 0 saturated heterocycles. The van der Waals surface area contributed by atoms with Crippen LogP contribution >= 0.6 is 0 Å². The second-order valence-electron chi connectivity index (χ2n) is 12.2. The number of nitrogens with two attached hydrogens (primary N) is 1. The van der Waals surface area contributed by atoms with E-state index in [2.05, 4.69) is 26.3 Å². The van der Waals surface area contributed by atoms with E-state index in [0.29, 0.717) is 77.4 Å². The highest BCUT2D eigenvalue weighted by molar-refractivity contribution is 5.89. The Morgan fingerprint density at radius 1 is 0.808 bits per heavy atom. The highest BCUT2D eigenvalue weighted by Crippen LogP contribution is 2.17. The van der Waals surface area contributed by atoms with Gasteiger partial charge in [-0.15, -0.1) is 5.10 Å². The van der Waals surface area contributed by atoms with E-state index >= 15 is 0 Å². The summed E-state index contributed by atoms with van der Waals surface area (Å²) in [6.07, 6.45) is 8.38. The molecule has 3 unspecified atom stereocenters. The first kappa shape index (κ1) is 47.0. The first-order chi connectivity index (χ1) is 24.7. The summed E-state index contributed by atoms with van der Waals surface area (Å²) in [7, 11) is 0. The number of rotatable bonds is 29. The number of carbonyl (C=O) groups is 7. The molecule has 8 N–H and O–H groups in total. The van der Waals surface area contributed by atoms with Crippen LogP contribution in [-0.2, 0) is 51.3 Å². The fourth-order valence-corrected chi connectivity index (χ4v) is 5.08. The Labute approximate surface area is 301 Å². The van der Waals surface area contributed by atoms with Gasteiger partial charge in [0.25, 0.3) is 0 Å². The summed E-state index contributed by atoms with van der Waals surface area (Å²) in [6.45, 7) is 2.64. The van der Waals surface area contributed by atoms with Crippen LogP contribution in [0.2, 0.25) is 0 Å². The van der Waals surface area contributed by atoms with E-state index in [9.17, 15) is 43.8 Å². The predicted octanol–water partition coefficient (Wildman–Crippen LogP) is 1.23. The Bertz CT molecular complexity index is 1310. The molecule has 0 bridgehead atoms. The smallest absolute Gasteiger partial charge is 0.373 e. The van der Waals surface area contributed by atoms with Crippen LogP contribution in [0.25, 0.3) is 0 Å². The number of carboxylic acid groups (broad SMARTS) is 3. The minimum atomic E-state index is -1.26. The van der Waals surface area contributed by atoms with Gasteiger partial charge in [-0.25, -0.2) is 9.59 Å². The number of carbonyl (C=O) groups excluding carboxylic acids is 6. The molecule has 0 fully saturated rings. The lowest BCUT2D eigenvalue weighted by molar-refractivity contribution is -0.192. The third-order valence-corrected chi connectivity index (χ3v) is 7.90. The maximum atomic E-state index is 12.4. The molecule has 1 aromatic heterocycles. The van der Waals surface area contributed by atoms with Crippen molar-refractivity contribution < 1.29 is 58.5 Å². The molecular formula is C33H53N7O12. The van der Waals surface area contributed by atoms with Crippen molar-refractivity contribution in [3.63, 3.8) is 0 Å². The molecular weight excluding hydrogens is 686 g/mol. The van der Waals surface area contributed by atoms with Gasteiger partial charge in [0, 0.05) is 51.4 Å². The topological polar surface area (TPSA) is 307 Å². The molecule has 0 saturated carbocycles. The number of urea groups is 1. The standard InChI is InChI=1S/C32H53N7O10.CO2/c1-22(40)26(14-15-29(43)44)35-32(49)36-27(31(47)48)12-6-8-18-34-28(42)13-5-3-2-4-11-25(41)20-23(30(45)46)10-7-9-19-39-21-24(16-17-33)37-38-39;2-1-3/h21,23,26-27H,2-20,33H2,1H3,(H,34,42)(H,43,44)(H,45,46)(H,47,48)(H2,35,36,49);. The summed E-state index contributed by atoms with van der Waals surface area (Å²) >= 11 is 0. The summed E-state index contributed by atoms with van der Waals surface area (Å²) in [5, 5.41) is 43.1. The molecule has 0 aliphatic carbocycles. The third-order valence-electron chi connectivity index (χ3n) is 7.90. The first-order valence-electron chi connectivity index (χ1n) is 17.4. The van der Waals surface area contributed by atoms with Gasteiger partial charge >= 0.3 is 30.1 Å². The number of aromatic nitrogens is 3. The van der Waals surface area contributed by atoms with Crippen LogP contribution in [0.5, 0.6) is 0 Å². The van der Waals surface area contributed by atoms with Gasteiger partial charge in [0.2, 0.25) is 5.91 Å². The SMILES string of the molecule is CC(=O)C(CCC(=O)O)NC(=O)NC(CCCCNC(=O)CCCCCCC(=O)CC(CCCCn1cc(CCN)nn1)C(=O)O)C(=O)O.O=C=O. The number of hydrogen-bond donors (Lipinski definition) is 7. The Morgan fingerprint density at radius 3 is 2.04 bits per heavy atom. The number of carboxylic acids is 3. The minimum Gasteiger partial charge on any atom is -0.481 e. The molecule has 0 radical (unpaired) electrons. The highest BCUT2D eigenvalue weighted by Gasteiger charge is 2.24. The van der Waals surface area contributed by atoms with Crippen molar-refractivity contribution in [1.82, 2.24) is 30.9 Å². The Hall–Kier alpha value is -5.03. The molecule has 3 atom stereocenters. The van der Waals surface area contributed by atoms with E-state index in [0.717, 1.165) is 25.0 Å². The van der Waals surface area contributed by atoms with Crippen LogP contribution in [0.15, 0.2) is 6.20 Å². The van der Waals surface area contributed by atoms with Crippen molar-refractivity contribution in [2.75, 3.05) is 13.1 Å². The molecule has 0 aromatic carbocycles. The monoisotopic (exact) mass is 739 g/mol. The Kier molecular flexibility index (Phi) is 25.9. The van der Waals surface area contributed by atoms with Crippen LogP contribution < -0.4 is 21.7 Å². The zero-order chi connectivity index (χ0) is 39.3. The van der Waals surface area contributed by atoms with Gasteiger partial charge in [-0.05, 0) is 64.8 Å². The molecule has 52 heavy (non-hydrogen) atoms. The zero-order valence-electron chi connectivity index (χ0n) is 29.7. The van der Waals surface area contributed by atoms with Gasteiger partial charge < -0.3 is 37.0 Å². The van der Waals surface area contributed by atoms with E-state index in [-0.39, 0.29) is 43.5 Å². The molecule has 0 aliphatic rings. The maximum Gasteiger partial charge on any atom is 0.373 e. The number of amides is 3. The molecule has 0 spiro atoms. The number of nitrogens with zero attached hydrogens (tertiary/aromatic N) is 3. The van der Waals surface area contributed by atoms with Gasteiger partial charge in [0.05, 0.1) is 17.7 Å². The fraction of sp³-hybridized carbons (Fsp3) is 0.697. The zero-order valence-corrected chi connectivity index (χ0v) is 29.7. The van der Waals surface area contributed by atoms with Crippen LogP contribution in [0.1, 0.15) is 109 Å². The van der Waals surface area contributed by atoms with E-state index < -0.39 is 47.7 Å². The van der Waals surface area contributed by atoms with Crippen molar-refractivity contribution in [2.45, 2.75) is 128 Å². The highest BCUT2D eigenvalue weighted by atomic mass is 16.4. The van der Waals surface area contributed by atoms with E-state index in [4.69, 9.17) is 20.4 Å². The molecule has 19 heteroatoms. The van der Waals surface area contributed by atoms with Crippen molar-refractivity contribution >= 4 is 47.6 Å². The summed E-state index contributed by atoms with van der Waals surface area (Å²) in [4.78, 5) is 98.5. The predicted molar refractivity (Wildman–Crippen MR) is 181 cm³/mol. The number of unbranched alkanes of at least 4 members (excludes halogenated alkanes) is 5. The lowest BCUT2D eigenvalue weighted by Gasteiger charge is -2.19. The van der Waals surface area contributed by atoms with Crippen LogP contribution in [-0.4, -0.2) is 103 Å². The van der Waals surface area contributed by atoms with Crippen LogP contribution in [0, 0.1) is 5.92 Å². The summed E-state index contributed by atoms with van der Waals surface area (Å²) in [5.74, 6) is -4.75. The molecule has 292 valence electrons. The minimum absolute atomic E-state index is 0.00706. The maximum absolute atomic E-state index is 12.4. The van der Waals surface area contributed by atoms with E-state index in [1.54, 1.807) is 4.68 Å². The average molecular weight is 740 g/mol. The molecule has 1 rings (SSSR count). The largest absolute Gasteiger partial charge is 0.481 e. The van der Waals surface area contributed by atoms with Gasteiger partial charge in [-0.1, -0.05) is 24.5 Å². The number of Topliss-reactive ketones (excluding diaryl/α,β-unsaturated/α-hetero) is 2. The van der Waals surface area contributed by atoms with Crippen LogP contribution in [0.4, 0.5) is 4.79 Å². The van der Waals surface area contributed by atoms with Gasteiger partial charge in [0.15, 0.2) is 5.78 Å². The van der Waals surface area contributed by atoms with E-state index in [1.807, 2.05) is 6.20 Å². The van der Waals surface area contributed by atoms with Gasteiger partial charge in [0.1, 0.15) is 11.8 Å². The van der Waals surface area contributed by atoms with Gasteiger partial charge in [-0.2, -0.15) is 9.59 Å². The summed E-state index contributed by atoms with van der Waals surface area (Å²) in [6, 6.07) is -3.16. The summed E-state index contributed by atoms with van der Waals surface area (Å²) < 4.78 is 1.71. The summed E-state index contributed by atoms with van der Waals surface area (Å²) in [5.41, 5.74) is 6.33. The fourth-order valence-electron chi connectivity index (χ4n) is 5.08. The molecule has 1 heterocycles. The lowest BCUT2D eigenvalue weighted by atomic mass is 9.94. The van der Waals surface area contributed by atoms with Crippen molar-refractivity contribution in [1.29, 1.82) is 0 Å². The van der Waals surface area contributed by atoms with Crippen molar-refractivity contribution in [3.05, 3.63) is 11.9 Å². The lowest BCUT2D eigenvalue weighted by Crippen LogP contribution is -2.50. The number of aliphatic carboxylic acids is 3. The second kappa shape index (κ2) is 28.6. The molecule has 0 aliphatic heterocycles. The van der Waals surface area contributed by atoms with Crippen molar-refractivity contribution in [2.24, 2.45) is 11.7 Å². The van der Waals surface area contributed by atoms with Crippen LogP contribution in [0.3, 0.4) is 0 Å². The van der Waals surface area contributed by atoms with Crippen molar-refractivity contribution in [3.8, 4) is 0 Å². The van der Waals surface area contributed by atoms with E-state index in [1.165, 1.54) is 6.92 Å². The molecule has 3 amide bonds. The number of aryl methyl sites for hydroxylation is 1. The Morgan fingerprint density at radius 2 is 1.44 bits per heavy atom. The molecule has 1 aromatic rings. The Balaban J connectivity index is 0.00000835. The quantitative estimate of drug-likeness (QED) is 0.0568. The third kappa shape index (κ3) is 24.2. The second-order valence-corrected chi connectivity index (χ2v) is 12.2. The number of nitrogens with one attached hydrogen (secondary N) is 3. The number of hydrogen-bond acceptors (Lipinski definition) is 12. The number of ketones is 2. The average Bonchev–Trinajstić information content (AvgIpc) is 3.52. The normalized spacial score (nSPS) is 12.2. The first-order valence-corrected chi connectivity index (χ1v) is 17.4.